The summed E-state index contributed by atoms with van der Waals surface area (Å²) in [5.74, 6) is -0.356. The number of anilines is 3. The van der Waals surface area contributed by atoms with Gasteiger partial charge < -0.3 is 19.9 Å². The molecule has 35 heavy (non-hydrogen) atoms. The number of ether oxygens (including phenoxy) is 1. The molecule has 0 atom stereocenters. The first kappa shape index (κ1) is 23.1. The Morgan fingerprint density at radius 2 is 1.77 bits per heavy atom. The van der Waals surface area contributed by atoms with Crippen molar-refractivity contribution in [2.45, 2.75) is 4.90 Å². The number of aromatic nitrogens is 3. The molecule has 9 nitrogen and oxygen atoms in total. The smallest absolute Gasteiger partial charge is 0.269 e. The van der Waals surface area contributed by atoms with Gasteiger partial charge in [0.15, 0.2) is 5.65 Å². The molecule has 0 spiro atoms. The lowest BCUT2D eigenvalue weighted by atomic mass is 10.2. The molecule has 0 unspecified atom stereocenters. The van der Waals surface area contributed by atoms with Crippen LogP contribution in [0.2, 0.25) is 0 Å². The zero-order valence-corrected chi connectivity index (χ0v) is 20.2. The van der Waals surface area contributed by atoms with Crippen molar-refractivity contribution in [3.63, 3.8) is 0 Å². The zero-order valence-electron chi connectivity index (χ0n) is 19.3. The Labute approximate surface area is 202 Å². The number of hydrogen-bond donors (Lipinski definition) is 1. The van der Waals surface area contributed by atoms with E-state index in [1.807, 2.05) is 24.3 Å². The Kier molecular flexibility index (Phi) is 6.03. The van der Waals surface area contributed by atoms with Crippen LogP contribution in [0, 0.1) is 5.82 Å². The van der Waals surface area contributed by atoms with Crippen molar-refractivity contribution in [3.8, 4) is 5.75 Å². The van der Waals surface area contributed by atoms with Gasteiger partial charge in [-0.3, -0.25) is 0 Å². The number of piperazine rings is 1. The number of nitrogens with zero attached hydrogens (tertiary/aromatic N) is 5. The molecule has 11 heteroatoms. The van der Waals surface area contributed by atoms with E-state index in [1.54, 1.807) is 12.3 Å². The van der Waals surface area contributed by atoms with Gasteiger partial charge in [-0.1, -0.05) is 0 Å². The number of methoxy groups -OCH3 is 1. The SMILES string of the molecule is COc1cc(F)cc(S(=O)(=O)n2ccc3cnc(Nc4ccc(N5CCN(C)CC5)cc4)nc32)c1. The third-order valence-corrected chi connectivity index (χ3v) is 7.67. The summed E-state index contributed by atoms with van der Waals surface area (Å²) >= 11 is 0. The Hall–Kier alpha value is -3.70. The molecule has 1 fully saturated rings. The molecule has 0 saturated carbocycles. The minimum Gasteiger partial charge on any atom is -0.497 e. The number of fused-ring (bicyclic) bond motifs is 1. The maximum absolute atomic E-state index is 14.0. The van der Waals surface area contributed by atoms with Gasteiger partial charge in [0.2, 0.25) is 5.95 Å². The highest BCUT2D eigenvalue weighted by Gasteiger charge is 2.22. The van der Waals surface area contributed by atoms with Crippen LogP contribution in [0.4, 0.5) is 21.7 Å². The molecule has 0 aliphatic carbocycles. The summed E-state index contributed by atoms with van der Waals surface area (Å²) in [5, 5.41) is 3.67. The lowest BCUT2D eigenvalue weighted by Crippen LogP contribution is -2.44. The van der Waals surface area contributed by atoms with Crippen LogP contribution >= 0.6 is 0 Å². The zero-order chi connectivity index (χ0) is 24.6. The van der Waals surface area contributed by atoms with Crippen molar-refractivity contribution in [1.82, 2.24) is 18.8 Å². The summed E-state index contributed by atoms with van der Waals surface area (Å²) in [4.78, 5) is 13.1. The average Bonchev–Trinajstić information content (AvgIpc) is 3.29. The van der Waals surface area contributed by atoms with Crippen LogP contribution in [0.3, 0.4) is 0 Å². The van der Waals surface area contributed by atoms with Gasteiger partial charge in [0.25, 0.3) is 10.0 Å². The van der Waals surface area contributed by atoms with Gasteiger partial charge in [-0.15, -0.1) is 0 Å². The van der Waals surface area contributed by atoms with E-state index in [9.17, 15) is 12.8 Å². The second kappa shape index (κ2) is 9.16. The van der Waals surface area contributed by atoms with E-state index in [1.165, 1.54) is 19.4 Å². The Morgan fingerprint density at radius 3 is 2.49 bits per heavy atom. The van der Waals surface area contributed by atoms with Gasteiger partial charge in [-0.05, 0) is 43.4 Å². The molecule has 0 amide bonds. The fourth-order valence-electron chi connectivity index (χ4n) is 4.02. The Balaban J connectivity index is 1.41. The molecule has 1 saturated heterocycles. The molecule has 2 aromatic carbocycles. The highest BCUT2D eigenvalue weighted by molar-refractivity contribution is 7.90. The van der Waals surface area contributed by atoms with Crippen LogP contribution in [0.5, 0.6) is 5.75 Å². The molecule has 182 valence electrons. The number of likely N-dealkylation sites (N-methyl/N-ethyl adjacent to an activating group) is 1. The molecule has 1 aliphatic rings. The second-order valence-corrected chi connectivity index (χ2v) is 10.2. The van der Waals surface area contributed by atoms with Gasteiger partial charge in [0, 0.05) is 67.5 Å². The maximum atomic E-state index is 14.0. The standard InChI is InChI=1S/C24H25FN6O3S/c1-29-9-11-30(12-10-29)20-5-3-19(4-6-20)27-24-26-16-17-7-8-31(23(17)28-24)35(32,33)22-14-18(25)13-21(15-22)34-2/h3-8,13-16H,9-12H2,1-2H3,(H,26,27,28). The lowest BCUT2D eigenvalue weighted by Gasteiger charge is -2.34. The minimum absolute atomic E-state index is 0.108. The van der Waals surface area contributed by atoms with E-state index in [-0.39, 0.29) is 22.2 Å². The third kappa shape index (κ3) is 4.64. The van der Waals surface area contributed by atoms with Gasteiger partial charge in [0.1, 0.15) is 11.6 Å². The fourth-order valence-corrected chi connectivity index (χ4v) is 5.36. The molecule has 2 aromatic heterocycles. The number of halogens is 1. The van der Waals surface area contributed by atoms with E-state index < -0.39 is 15.8 Å². The van der Waals surface area contributed by atoms with Crippen molar-refractivity contribution in [1.29, 1.82) is 0 Å². The molecular formula is C24H25FN6O3S. The number of hydrogen-bond acceptors (Lipinski definition) is 8. The molecule has 4 aromatic rings. The van der Waals surface area contributed by atoms with Crippen LogP contribution in [0.1, 0.15) is 0 Å². The number of rotatable bonds is 6. The molecule has 5 rings (SSSR count). The molecule has 1 aliphatic heterocycles. The van der Waals surface area contributed by atoms with Gasteiger partial charge >= 0.3 is 0 Å². The minimum atomic E-state index is -4.12. The first-order chi connectivity index (χ1) is 16.8. The maximum Gasteiger partial charge on any atom is 0.269 e. The van der Waals surface area contributed by atoms with Crippen LogP contribution in [0.25, 0.3) is 11.0 Å². The summed E-state index contributed by atoms with van der Waals surface area (Å²) in [5.41, 5.74) is 2.10. The van der Waals surface area contributed by atoms with E-state index in [4.69, 9.17) is 4.74 Å². The third-order valence-electron chi connectivity index (χ3n) is 6.02. The molecule has 1 N–H and O–H groups in total. The average molecular weight is 497 g/mol. The summed E-state index contributed by atoms with van der Waals surface area (Å²) in [7, 11) is -0.650. The van der Waals surface area contributed by atoms with Crippen LogP contribution in [0.15, 0.2) is 65.8 Å². The van der Waals surface area contributed by atoms with E-state index in [2.05, 4.69) is 32.1 Å². The molecule has 0 radical (unpaired) electrons. The predicted molar refractivity (Wildman–Crippen MR) is 132 cm³/mol. The number of nitrogens with one attached hydrogen (secondary N) is 1. The van der Waals surface area contributed by atoms with Crippen molar-refractivity contribution < 1.29 is 17.5 Å². The fraction of sp³-hybridized carbons (Fsp3) is 0.250. The Bertz CT molecular complexity index is 1460. The van der Waals surface area contributed by atoms with Crippen molar-refractivity contribution in [2.75, 3.05) is 50.6 Å². The quantitative estimate of drug-likeness (QED) is 0.435. The monoisotopic (exact) mass is 496 g/mol. The lowest BCUT2D eigenvalue weighted by molar-refractivity contribution is 0.313. The van der Waals surface area contributed by atoms with Crippen LogP contribution < -0.4 is 15.0 Å². The van der Waals surface area contributed by atoms with Crippen molar-refractivity contribution in [3.05, 3.63) is 66.7 Å². The Morgan fingerprint density at radius 1 is 1.03 bits per heavy atom. The number of benzene rings is 2. The van der Waals surface area contributed by atoms with E-state index in [0.29, 0.717) is 5.39 Å². The highest BCUT2D eigenvalue weighted by atomic mass is 32.2. The summed E-state index contributed by atoms with van der Waals surface area (Å²) in [6, 6.07) is 12.9. The topological polar surface area (TPSA) is 92.6 Å². The van der Waals surface area contributed by atoms with E-state index in [0.717, 1.165) is 53.7 Å². The van der Waals surface area contributed by atoms with Crippen molar-refractivity contribution >= 4 is 38.4 Å². The van der Waals surface area contributed by atoms with Crippen molar-refractivity contribution in [2.24, 2.45) is 0 Å². The van der Waals surface area contributed by atoms with Gasteiger partial charge in [-0.25, -0.2) is 21.8 Å². The molecular weight excluding hydrogens is 471 g/mol. The first-order valence-electron chi connectivity index (χ1n) is 11.1. The summed E-state index contributed by atoms with van der Waals surface area (Å²) < 4.78 is 46.5. The molecule has 3 heterocycles. The predicted octanol–water partition coefficient (Wildman–Crippen LogP) is 3.31. The highest BCUT2D eigenvalue weighted by Crippen LogP contribution is 2.26. The van der Waals surface area contributed by atoms with Gasteiger partial charge in [-0.2, -0.15) is 4.98 Å². The summed E-state index contributed by atoms with van der Waals surface area (Å²) in [6.45, 7) is 4.01. The largest absolute Gasteiger partial charge is 0.497 e. The second-order valence-electron chi connectivity index (χ2n) is 8.38. The van der Waals surface area contributed by atoms with Crippen LogP contribution in [-0.2, 0) is 10.0 Å². The van der Waals surface area contributed by atoms with Gasteiger partial charge in [0.05, 0.1) is 12.0 Å². The summed E-state index contributed by atoms with van der Waals surface area (Å²) in [6.07, 6.45) is 2.92. The first-order valence-corrected chi connectivity index (χ1v) is 12.5. The normalized spacial score (nSPS) is 14.9. The van der Waals surface area contributed by atoms with Crippen LogP contribution in [-0.4, -0.2) is 67.6 Å². The molecule has 0 bridgehead atoms. The van der Waals surface area contributed by atoms with E-state index >= 15 is 0 Å².